The Morgan fingerprint density at radius 1 is 1.23 bits per heavy atom. The van der Waals surface area contributed by atoms with Crippen LogP contribution in [0.25, 0.3) is 0 Å². The predicted molar refractivity (Wildman–Crippen MR) is 107 cm³/mol. The molecule has 9 nitrogen and oxygen atoms in total. The molecule has 2 aromatic carbocycles. The zero-order valence-corrected chi connectivity index (χ0v) is 17.2. The third-order valence-corrected chi connectivity index (χ3v) is 5.90. The van der Waals surface area contributed by atoms with Crippen molar-refractivity contribution in [1.29, 1.82) is 0 Å². The molecule has 0 unspecified atom stereocenters. The fraction of sp³-hybridized carbons (Fsp3) is 0.211. The highest BCUT2D eigenvalue weighted by Crippen LogP contribution is 2.28. The summed E-state index contributed by atoms with van der Waals surface area (Å²) in [5.74, 6) is -1.37. The number of esters is 1. The molecule has 0 saturated heterocycles. The molecule has 1 aliphatic heterocycles. The van der Waals surface area contributed by atoms with Crippen LogP contribution in [0.1, 0.15) is 17.3 Å². The number of hydrogen-bond acceptors (Lipinski definition) is 7. The number of Topliss-reactive ketones (excluding diaryl/α,β-unsaturated/α-hetero) is 1. The lowest BCUT2D eigenvalue weighted by Crippen LogP contribution is -2.40. The Balaban J connectivity index is 1.58. The Hall–Kier alpha value is -2.95. The van der Waals surface area contributed by atoms with Crippen LogP contribution in [0.4, 0.5) is 5.69 Å². The highest BCUT2D eigenvalue weighted by Gasteiger charge is 2.24. The number of rotatable bonds is 7. The molecule has 3 rings (SSSR count). The molecular formula is C19H17ClN2O7S. The van der Waals surface area contributed by atoms with Crippen molar-refractivity contribution in [2.75, 3.05) is 18.5 Å². The average molecular weight is 453 g/mol. The van der Waals surface area contributed by atoms with Gasteiger partial charge in [0.05, 0.1) is 10.6 Å². The van der Waals surface area contributed by atoms with E-state index in [2.05, 4.69) is 10.0 Å². The van der Waals surface area contributed by atoms with Gasteiger partial charge < -0.3 is 14.8 Å². The molecule has 11 heteroatoms. The molecule has 0 radical (unpaired) electrons. The fourth-order valence-electron chi connectivity index (χ4n) is 2.56. The van der Waals surface area contributed by atoms with Crippen LogP contribution in [0.5, 0.6) is 5.75 Å². The first kappa shape index (κ1) is 21.8. The van der Waals surface area contributed by atoms with Crippen LogP contribution in [0.15, 0.2) is 47.4 Å². The smallest absolute Gasteiger partial charge is 0.324 e. The number of carbonyl (C=O) groups is 3. The van der Waals surface area contributed by atoms with E-state index in [9.17, 15) is 22.8 Å². The van der Waals surface area contributed by atoms with Gasteiger partial charge in [-0.3, -0.25) is 14.4 Å². The number of anilines is 1. The largest absolute Gasteiger partial charge is 0.482 e. The molecule has 0 saturated carbocycles. The second-order valence-corrected chi connectivity index (χ2v) is 8.53. The molecular weight excluding hydrogens is 436 g/mol. The number of sulfonamides is 1. The maximum atomic E-state index is 12.3. The van der Waals surface area contributed by atoms with Gasteiger partial charge >= 0.3 is 5.97 Å². The SMILES string of the molecule is C[C@H](NS(=O)(=O)c1ccc(Cl)cc1)C(=O)OCC(=O)c1ccc2c(c1)NC(=O)CO2. The van der Waals surface area contributed by atoms with Crippen molar-refractivity contribution in [2.24, 2.45) is 0 Å². The van der Waals surface area contributed by atoms with Gasteiger partial charge in [0.1, 0.15) is 11.8 Å². The number of nitrogens with one attached hydrogen (secondary N) is 2. The summed E-state index contributed by atoms with van der Waals surface area (Å²) in [5, 5.41) is 2.94. The molecule has 1 amide bonds. The van der Waals surface area contributed by atoms with E-state index in [1.54, 1.807) is 0 Å². The third-order valence-electron chi connectivity index (χ3n) is 4.09. The van der Waals surface area contributed by atoms with Crippen molar-refractivity contribution in [3.8, 4) is 5.75 Å². The highest BCUT2D eigenvalue weighted by atomic mass is 35.5. The van der Waals surface area contributed by atoms with Crippen molar-refractivity contribution in [3.05, 3.63) is 53.1 Å². The van der Waals surface area contributed by atoms with Crippen LogP contribution in [-0.4, -0.2) is 45.3 Å². The van der Waals surface area contributed by atoms with Crippen molar-refractivity contribution >= 4 is 45.0 Å². The van der Waals surface area contributed by atoms with Gasteiger partial charge in [-0.05, 0) is 49.4 Å². The van der Waals surface area contributed by atoms with Gasteiger partial charge in [0, 0.05) is 10.6 Å². The number of ketones is 1. The van der Waals surface area contributed by atoms with Crippen molar-refractivity contribution in [2.45, 2.75) is 17.9 Å². The Labute approximate surface area is 177 Å². The number of halogens is 1. The second kappa shape index (κ2) is 8.82. The minimum atomic E-state index is -3.98. The molecule has 158 valence electrons. The van der Waals surface area contributed by atoms with E-state index in [-0.39, 0.29) is 23.0 Å². The van der Waals surface area contributed by atoms with Gasteiger partial charge in [0.15, 0.2) is 19.0 Å². The van der Waals surface area contributed by atoms with Crippen LogP contribution < -0.4 is 14.8 Å². The number of hydrogen-bond donors (Lipinski definition) is 2. The van der Waals surface area contributed by atoms with E-state index in [0.717, 1.165) is 0 Å². The van der Waals surface area contributed by atoms with Gasteiger partial charge in [0.25, 0.3) is 5.91 Å². The van der Waals surface area contributed by atoms with E-state index in [0.29, 0.717) is 16.5 Å². The van der Waals surface area contributed by atoms with E-state index in [1.165, 1.54) is 49.4 Å². The van der Waals surface area contributed by atoms with Crippen LogP contribution in [0.3, 0.4) is 0 Å². The number of amides is 1. The summed E-state index contributed by atoms with van der Waals surface area (Å²) >= 11 is 5.74. The number of fused-ring (bicyclic) bond motifs is 1. The van der Waals surface area contributed by atoms with E-state index in [4.69, 9.17) is 21.1 Å². The normalized spacial score (nSPS) is 14.1. The minimum absolute atomic E-state index is 0.0686. The maximum absolute atomic E-state index is 12.3. The van der Waals surface area contributed by atoms with Crippen molar-refractivity contribution in [3.63, 3.8) is 0 Å². The zero-order chi connectivity index (χ0) is 21.9. The summed E-state index contributed by atoms with van der Waals surface area (Å²) < 4.78 is 36.9. The lowest BCUT2D eigenvalue weighted by Gasteiger charge is -2.18. The Morgan fingerprint density at radius 2 is 1.93 bits per heavy atom. The molecule has 2 aromatic rings. The summed E-state index contributed by atoms with van der Waals surface area (Å²) in [6.07, 6.45) is 0. The number of carbonyl (C=O) groups excluding carboxylic acids is 3. The molecule has 0 spiro atoms. The van der Waals surface area contributed by atoms with Gasteiger partial charge in [-0.2, -0.15) is 4.72 Å². The number of benzene rings is 2. The molecule has 1 heterocycles. The van der Waals surface area contributed by atoms with Crippen molar-refractivity contribution in [1.82, 2.24) is 4.72 Å². The molecule has 0 bridgehead atoms. The standard InChI is InChI=1S/C19H17ClN2O7S/c1-11(22-30(26,27)14-5-3-13(20)4-6-14)19(25)29-9-16(23)12-2-7-17-15(8-12)21-18(24)10-28-17/h2-8,11,22H,9-10H2,1H3,(H,21,24)/t11-/m0/s1. The summed E-state index contributed by atoms with van der Waals surface area (Å²) in [5.41, 5.74) is 0.536. The van der Waals surface area contributed by atoms with Gasteiger partial charge in [-0.1, -0.05) is 11.6 Å². The summed E-state index contributed by atoms with van der Waals surface area (Å²) in [7, 11) is -3.98. The summed E-state index contributed by atoms with van der Waals surface area (Å²) in [6.45, 7) is 0.590. The summed E-state index contributed by atoms with van der Waals surface area (Å²) in [6, 6.07) is 8.58. The Bertz CT molecular complexity index is 1100. The molecule has 0 aliphatic carbocycles. The molecule has 0 fully saturated rings. The first-order valence-electron chi connectivity index (χ1n) is 8.70. The maximum Gasteiger partial charge on any atom is 0.324 e. The minimum Gasteiger partial charge on any atom is -0.482 e. The quantitative estimate of drug-likeness (QED) is 0.484. The predicted octanol–water partition coefficient (Wildman–Crippen LogP) is 1.76. The average Bonchev–Trinajstić information content (AvgIpc) is 2.71. The molecule has 0 aromatic heterocycles. The van der Waals surface area contributed by atoms with Gasteiger partial charge in [-0.25, -0.2) is 8.42 Å². The van der Waals surface area contributed by atoms with Crippen molar-refractivity contribution < 1.29 is 32.3 Å². The zero-order valence-electron chi connectivity index (χ0n) is 15.7. The Kier molecular flexibility index (Phi) is 6.40. The van der Waals surface area contributed by atoms with Crippen LogP contribution in [0, 0.1) is 0 Å². The lowest BCUT2D eigenvalue weighted by atomic mass is 10.1. The first-order valence-corrected chi connectivity index (χ1v) is 10.6. The van der Waals surface area contributed by atoms with Crippen LogP contribution in [0.2, 0.25) is 5.02 Å². The molecule has 1 aliphatic rings. The van der Waals surface area contributed by atoms with E-state index in [1.807, 2.05) is 0 Å². The second-order valence-electron chi connectivity index (χ2n) is 6.38. The van der Waals surface area contributed by atoms with Gasteiger partial charge in [-0.15, -0.1) is 0 Å². The lowest BCUT2D eigenvalue weighted by molar-refractivity contribution is -0.144. The number of ether oxygens (including phenoxy) is 2. The van der Waals surface area contributed by atoms with Crippen LogP contribution >= 0.6 is 11.6 Å². The molecule has 1 atom stereocenters. The third kappa shape index (κ3) is 5.15. The summed E-state index contributed by atoms with van der Waals surface area (Å²) in [4.78, 5) is 35.7. The van der Waals surface area contributed by atoms with Gasteiger partial charge in [0.2, 0.25) is 10.0 Å². The monoisotopic (exact) mass is 452 g/mol. The fourth-order valence-corrected chi connectivity index (χ4v) is 3.88. The molecule has 2 N–H and O–H groups in total. The van der Waals surface area contributed by atoms with Crippen LogP contribution in [-0.2, 0) is 24.3 Å². The Morgan fingerprint density at radius 3 is 2.63 bits per heavy atom. The first-order chi connectivity index (χ1) is 14.2. The van der Waals surface area contributed by atoms with E-state index < -0.39 is 34.4 Å². The highest BCUT2D eigenvalue weighted by molar-refractivity contribution is 7.89. The van der Waals surface area contributed by atoms with E-state index >= 15 is 0 Å². The topological polar surface area (TPSA) is 128 Å². The molecule has 30 heavy (non-hydrogen) atoms.